The predicted octanol–water partition coefficient (Wildman–Crippen LogP) is 17.3. The zero-order valence-electron chi connectivity index (χ0n) is 38.4. The SMILES string of the molecule is CCCCC1(CCCC)c2cc(-c3cc4c5cc(C)c(C)cc5c5cc(-c6ccc(/C=C(\C#N)C(=O)O)c7nsnc67)sc5c4s3)ccc2-c2ccc(N(c3ccccc3)c3ccccc3)cc21. The van der Waals surface area contributed by atoms with Gasteiger partial charge in [0.1, 0.15) is 22.7 Å². The van der Waals surface area contributed by atoms with Crippen molar-refractivity contribution in [1.82, 2.24) is 8.75 Å². The number of nitriles is 1. The first-order valence-corrected chi connectivity index (χ1v) is 25.8. The molecule has 334 valence electrons. The van der Waals surface area contributed by atoms with E-state index in [9.17, 15) is 15.2 Å². The van der Waals surface area contributed by atoms with Crippen LogP contribution < -0.4 is 4.90 Å². The summed E-state index contributed by atoms with van der Waals surface area (Å²) in [5.74, 6) is -1.27. The molecule has 7 aromatic carbocycles. The standard InChI is InChI=1S/C59H48N4O2S3/c1-5-7-25-59(26-8-6-2)50-30-37(19-22-43(50)44-24-21-42(31-51(44)59)63(40-15-11-9-12-16-40)41-17-13-10-14-18-41)52-32-48-46-27-35(3)36(4)28-47(46)49-33-53(67-57(49)56(48)66-52)45-23-20-38(29-39(34-60)58(64)65)54-55(45)62-68-61-54/h9-24,27-33H,5-8,25-26H2,1-4H3,(H,64,65)/b39-29+. The van der Waals surface area contributed by atoms with Crippen LogP contribution in [0.3, 0.4) is 0 Å². The molecule has 10 aromatic rings. The van der Waals surface area contributed by atoms with E-state index < -0.39 is 5.97 Å². The molecule has 68 heavy (non-hydrogen) atoms. The molecule has 1 aliphatic rings. The van der Waals surface area contributed by atoms with E-state index in [0.717, 1.165) is 72.1 Å². The Kier molecular flexibility index (Phi) is 11.3. The van der Waals surface area contributed by atoms with Gasteiger partial charge in [-0.2, -0.15) is 14.0 Å². The van der Waals surface area contributed by atoms with Crippen molar-refractivity contribution in [2.75, 3.05) is 4.90 Å². The molecule has 3 aromatic heterocycles. The molecule has 6 nitrogen and oxygen atoms in total. The lowest BCUT2D eigenvalue weighted by Gasteiger charge is -2.34. The number of carboxylic acid groups (broad SMARTS) is 1. The lowest BCUT2D eigenvalue weighted by Crippen LogP contribution is -2.26. The van der Waals surface area contributed by atoms with Crippen molar-refractivity contribution < 1.29 is 9.90 Å². The number of aliphatic carboxylic acids is 1. The monoisotopic (exact) mass is 940 g/mol. The minimum Gasteiger partial charge on any atom is -0.477 e. The summed E-state index contributed by atoms with van der Waals surface area (Å²) in [6.07, 6.45) is 8.15. The van der Waals surface area contributed by atoms with E-state index in [0.29, 0.717) is 16.6 Å². The van der Waals surface area contributed by atoms with Crippen molar-refractivity contribution in [3.05, 3.63) is 167 Å². The molecule has 0 radical (unpaired) electrons. The Balaban J connectivity index is 1.08. The van der Waals surface area contributed by atoms with E-state index in [-0.39, 0.29) is 11.0 Å². The zero-order chi connectivity index (χ0) is 46.7. The molecule has 11 rings (SSSR count). The molecule has 1 N–H and O–H groups in total. The Morgan fingerprint density at radius 1 is 0.647 bits per heavy atom. The molecule has 1 aliphatic carbocycles. The van der Waals surface area contributed by atoms with Crippen LogP contribution in [0, 0.1) is 25.2 Å². The minimum absolute atomic E-state index is 0.124. The minimum atomic E-state index is -1.27. The summed E-state index contributed by atoms with van der Waals surface area (Å²) in [6.45, 7) is 9.04. The summed E-state index contributed by atoms with van der Waals surface area (Å²) in [7, 11) is 0. The van der Waals surface area contributed by atoms with Crippen molar-refractivity contribution in [2.24, 2.45) is 0 Å². The number of para-hydroxylation sites is 2. The molecule has 0 unspecified atom stereocenters. The highest BCUT2D eigenvalue weighted by molar-refractivity contribution is 7.30. The van der Waals surface area contributed by atoms with Gasteiger partial charge in [-0.15, -0.1) is 22.7 Å². The second-order valence-electron chi connectivity index (χ2n) is 18.1. The number of thiophene rings is 2. The van der Waals surface area contributed by atoms with Crippen molar-refractivity contribution in [3.63, 3.8) is 0 Å². The Labute approximate surface area is 408 Å². The van der Waals surface area contributed by atoms with Crippen molar-refractivity contribution in [2.45, 2.75) is 71.6 Å². The second-order valence-corrected chi connectivity index (χ2v) is 20.7. The number of nitrogens with zero attached hydrogens (tertiary/aromatic N) is 4. The van der Waals surface area contributed by atoms with Gasteiger partial charge in [-0.1, -0.05) is 118 Å². The average molecular weight is 941 g/mol. The number of anilines is 3. The van der Waals surface area contributed by atoms with E-state index in [2.05, 4.69) is 158 Å². The number of aromatic nitrogens is 2. The largest absolute Gasteiger partial charge is 0.477 e. The molecule has 0 aliphatic heterocycles. The Bertz CT molecular complexity index is 3640. The Morgan fingerprint density at radius 2 is 1.21 bits per heavy atom. The van der Waals surface area contributed by atoms with Crippen molar-refractivity contribution in [3.8, 4) is 38.1 Å². The second kappa shape index (κ2) is 17.6. The summed E-state index contributed by atoms with van der Waals surface area (Å²) in [5.41, 5.74) is 15.2. The summed E-state index contributed by atoms with van der Waals surface area (Å²) in [6, 6.07) is 51.1. The fourth-order valence-electron chi connectivity index (χ4n) is 10.6. The van der Waals surface area contributed by atoms with Gasteiger partial charge in [-0.05, 0) is 137 Å². The maximum absolute atomic E-state index is 11.7. The first-order chi connectivity index (χ1) is 33.2. The number of hydrogen-bond acceptors (Lipinski definition) is 8. The molecule has 0 bridgehead atoms. The number of rotatable bonds is 13. The van der Waals surface area contributed by atoms with Crippen LogP contribution in [-0.2, 0) is 10.2 Å². The van der Waals surface area contributed by atoms with Gasteiger partial charge in [0.15, 0.2) is 0 Å². The third-order valence-electron chi connectivity index (χ3n) is 14.1. The highest BCUT2D eigenvalue weighted by Crippen LogP contribution is 2.57. The first kappa shape index (κ1) is 43.6. The number of benzene rings is 7. The van der Waals surface area contributed by atoms with Crippen LogP contribution >= 0.6 is 34.4 Å². The number of carboxylic acids is 1. The Morgan fingerprint density at radius 3 is 1.81 bits per heavy atom. The van der Waals surface area contributed by atoms with Crippen LogP contribution in [0.4, 0.5) is 17.1 Å². The van der Waals surface area contributed by atoms with Gasteiger partial charge in [-0.3, -0.25) is 0 Å². The summed E-state index contributed by atoms with van der Waals surface area (Å²) < 4.78 is 11.8. The zero-order valence-corrected chi connectivity index (χ0v) is 40.8. The van der Waals surface area contributed by atoms with Gasteiger partial charge in [0.25, 0.3) is 0 Å². The summed E-state index contributed by atoms with van der Waals surface area (Å²) >= 11 is 4.75. The molecule has 0 saturated carbocycles. The smallest absolute Gasteiger partial charge is 0.346 e. The van der Waals surface area contributed by atoms with Crippen LogP contribution in [-0.4, -0.2) is 19.8 Å². The fourth-order valence-corrected chi connectivity index (χ4v) is 13.7. The van der Waals surface area contributed by atoms with Gasteiger partial charge < -0.3 is 10.0 Å². The maximum atomic E-state index is 11.7. The Hall–Kier alpha value is -6.96. The maximum Gasteiger partial charge on any atom is 0.346 e. The fraction of sp³-hybridized carbons (Fsp3) is 0.186. The van der Waals surface area contributed by atoms with Gasteiger partial charge in [0, 0.05) is 54.1 Å². The normalized spacial score (nSPS) is 13.1. The molecule has 0 atom stereocenters. The highest BCUT2D eigenvalue weighted by Gasteiger charge is 2.43. The van der Waals surface area contributed by atoms with E-state index in [4.69, 9.17) is 4.37 Å². The van der Waals surface area contributed by atoms with Crippen molar-refractivity contribution in [1.29, 1.82) is 5.26 Å². The van der Waals surface area contributed by atoms with Crippen LogP contribution in [0.2, 0.25) is 0 Å². The van der Waals surface area contributed by atoms with Gasteiger partial charge in [-0.25, -0.2) is 4.79 Å². The van der Waals surface area contributed by atoms with Gasteiger partial charge >= 0.3 is 5.97 Å². The van der Waals surface area contributed by atoms with Gasteiger partial charge in [0.2, 0.25) is 0 Å². The van der Waals surface area contributed by atoms with E-state index >= 15 is 0 Å². The number of aryl methyl sites for hydroxylation is 2. The number of carbonyl (C=O) groups is 1. The molecule has 0 spiro atoms. The quantitative estimate of drug-likeness (QED) is 0.0915. The van der Waals surface area contributed by atoms with Crippen LogP contribution in [0.1, 0.15) is 80.2 Å². The molecule has 0 amide bonds. The van der Waals surface area contributed by atoms with Crippen LogP contribution in [0.25, 0.3) is 80.1 Å². The summed E-state index contributed by atoms with van der Waals surface area (Å²) in [5, 5.41) is 24.0. The molecule has 3 heterocycles. The molecular weight excluding hydrogens is 893 g/mol. The van der Waals surface area contributed by atoms with Gasteiger partial charge in [0.05, 0.1) is 21.1 Å². The van der Waals surface area contributed by atoms with E-state index in [1.165, 1.54) is 86.5 Å². The number of hydrogen-bond donors (Lipinski definition) is 1. The molecule has 0 fully saturated rings. The lowest BCUT2D eigenvalue weighted by atomic mass is 9.70. The molecule has 9 heteroatoms. The highest BCUT2D eigenvalue weighted by atomic mass is 32.1. The van der Waals surface area contributed by atoms with Crippen molar-refractivity contribution >= 4 is 105 Å². The molecule has 0 saturated heterocycles. The van der Waals surface area contributed by atoms with Crippen LogP contribution in [0.5, 0.6) is 0 Å². The van der Waals surface area contributed by atoms with Crippen LogP contribution in [0.15, 0.2) is 139 Å². The number of fused-ring (bicyclic) bond motifs is 10. The third-order valence-corrected chi connectivity index (χ3v) is 17.1. The van der Waals surface area contributed by atoms with E-state index in [1.54, 1.807) is 17.4 Å². The lowest BCUT2D eigenvalue weighted by molar-refractivity contribution is -0.132. The average Bonchev–Trinajstić information content (AvgIpc) is 4.18. The number of unbranched alkanes of at least 4 members (excludes halogenated alkanes) is 2. The topological polar surface area (TPSA) is 90.1 Å². The molecular formula is C59H48N4O2S3. The first-order valence-electron chi connectivity index (χ1n) is 23.4. The third kappa shape index (κ3) is 7.21. The predicted molar refractivity (Wildman–Crippen MR) is 287 cm³/mol. The summed E-state index contributed by atoms with van der Waals surface area (Å²) in [4.78, 5) is 16.5. The van der Waals surface area contributed by atoms with E-state index in [1.807, 2.05) is 23.5 Å².